The quantitative estimate of drug-likeness (QED) is 0.0744. The standard InChI is InChI=1S/C17H17ClO3S.C15H13ClO2S.C10H9ClO.C7H7BrO2S.H2P2S/c18-14-3-1-2-12(8-14)17(19,11-4-5-11)13-9-15(22-10-13)16-20-6-7-21-16;16-13-3-1-2-11(6-13)15(18,10-4-5-10)12-7-14(8-17)19-9-12;11-9-3-1-2-8(6-9)10(12)7-4-5-7;8-5-3-6(11-4-5)7-9-1-2-10-7;1-2-3/h1-3,8-11,16,19H,4-7H2;1-3,6-10,18H,4-5H2;1-3,6-7H,4-5H2;3-4,7H,1-2H2;1H2/p+1/i/hT. The molecule has 0 bridgehead atoms. The van der Waals surface area contributed by atoms with Crippen molar-refractivity contribution in [1.29, 1.82) is 1.28 Å². The highest BCUT2D eigenvalue weighted by Crippen LogP contribution is 2.52. The molecule has 8 nitrogen and oxygen atoms in total. The van der Waals surface area contributed by atoms with Gasteiger partial charge in [0, 0.05) is 36.4 Å². The molecule has 0 radical (unpaired) electrons. The van der Waals surface area contributed by atoms with Crippen LogP contribution in [0.4, 0.5) is 0 Å². The molecule has 2 saturated heterocycles. The van der Waals surface area contributed by atoms with Gasteiger partial charge in [0.15, 0.2) is 43.4 Å². The van der Waals surface area contributed by atoms with E-state index in [4.69, 9.17) is 55.0 Å². The molecule has 5 heterocycles. The molecule has 3 aromatic carbocycles. The summed E-state index contributed by atoms with van der Waals surface area (Å²) < 4.78 is 29.3. The summed E-state index contributed by atoms with van der Waals surface area (Å²) in [7, 11) is 2.20. The number of ether oxygens (including phenoxy) is 4. The van der Waals surface area contributed by atoms with Gasteiger partial charge in [-0.2, -0.15) is 0 Å². The molecule has 4 atom stereocenters. The van der Waals surface area contributed by atoms with E-state index in [0.29, 0.717) is 46.4 Å². The van der Waals surface area contributed by atoms with Crippen molar-refractivity contribution in [3.63, 3.8) is 0 Å². The smallest absolute Gasteiger partial charge is 0.355 e. The predicted molar refractivity (Wildman–Crippen MR) is 284 cm³/mol. The highest BCUT2D eigenvalue weighted by Gasteiger charge is 2.48. The maximum Gasteiger partial charge on any atom is 0.355 e. The zero-order valence-electron chi connectivity index (χ0n) is 36.9. The highest BCUT2D eigenvalue weighted by atomic mass is 79.9. The molecule has 18 heteroatoms. The molecular formula is C49H49BrCl3O8P2S4+. The van der Waals surface area contributed by atoms with E-state index >= 15 is 0 Å². The zero-order valence-corrected chi connectivity index (χ0v) is 45.1. The lowest BCUT2D eigenvalue weighted by Crippen LogP contribution is -2.29. The first-order valence-corrected chi connectivity index (χ1v) is 29.6. The third-order valence-electron chi connectivity index (χ3n) is 11.5. The van der Waals surface area contributed by atoms with E-state index in [-0.39, 0.29) is 36.1 Å². The molecule has 0 spiro atoms. The second-order valence-corrected chi connectivity index (χ2v) is 24.1. The van der Waals surface area contributed by atoms with Gasteiger partial charge in [-0.05, 0) is 154 Å². The minimum Gasteiger partial charge on any atom is -0.380 e. The molecule has 5 aliphatic rings. The molecule has 2 aliphatic heterocycles. The minimum absolute atomic E-state index is 0.119. The van der Waals surface area contributed by atoms with Crippen molar-refractivity contribution in [2.24, 2.45) is 17.8 Å². The molecule has 11 rings (SSSR count). The van der Waals surface area contributed by atoms with E-state index in [1.807, 2.05) is 76.8 Å². The number of ketones is 1. The molecule has 3 aromatic heterocycles. The Balaban J connectivity index is 0.000000135. The molecule has 3 saturated carbocycles. The number of aldehydes is 1. The van der Waals surface area contributed by atoms with E-state index in [2.05, 4.69) is 36.7 Å². The average Bonchev–Trinajstić information content (AvgIpc) is 4.27. The number of thiophene rings is 3. The van der Waals surface area contributed by atoms with Gasteiger partial charge in [0.25, 0.3) is 0 Å². The number of hydrogen-bond acceptors (Lipinski definition) is 12. The third-order valence-corrected chi connectivity index (χ3v) is 15.7. The van der Waals surface area contributed by atoms with Crippen LogP contribution < -0.4 is 0 Å². The monoisotopic (exact) mass is 1140 g/mol. The number of aliphatic hydroxyl groups is 2. The molecule has 67 heavy (non-hydrogen) atoms. The number of carbonyl (C=O) groups excluding carboxylic acids is 2. The summed E-state index contributed by atoms with van der Waals surface area (Å²) in [6, 6.07) is 27.8. The first-order chi connectivity index (χ1) is 32.7. The van der Waals surface area contributed by atoms with E-state index < -0.39 is 18.2 Å². The number of Topliss-reactive ketones (excluding diaryl/α,β-unsaturated/α-hetero) is 1. The summed E-state index contributed by atoms with van der Waals surface area (Å²) in [5, 5.41) is 30.4. The summed E-state index contributed by atoms with van der Waals surface area (Å²) in [6.07, 6.45) is 6.56. The first kappa shape index (κ1) is 51.5. The zero-order chi connectivity index (χ0) is 48.4. The summed E-state index contributed by atoms with van der Waals surface area (Å²) in [5.41, 5.74) is 2.13. The Kier molecular flexibility index (Phi) is 19.2. The maximum absolute atomic E-state index is 11.5. The molecule has 6 aromatic rings. The van der Waals surface area contributed by atoms with Gasteiger partial charge in [0.05, 0.1) is 50.0 Å². The van der Waals surface area contributed by atoms with Crippen molar-refractivity contribution in [1.82, 2.24) is 0 Å². The Labute approximate surface area is 436 Å². The van der Waals surface area contributed by atoms with E-state index in [1.165, 1.54) is 11.3 Å². The number of benzene rings is 3. The lowest BCUT2D eigenvalue weighted by atomic mass is 9.83. The van der Waals surface area contributed by atoms with Gasteiger partial charge in [0.1, 0.15) is 11.2 Å². The molecule has 5 fully saturated rings. The Morgan fingerprint density at radius 1 is 0.687 bits per heavy atom. The van der Waals surface area contributed by atoms with Crippen LogP contribution in [0, 0.1) is 17.8 Å². The minimum atomic E-state index is -1.03. The van der Waals surface area contributed by atoms with Gasteiger partial charge < -0.3 is 29.2 Å². The fourth-order valence-electron chi connectivity index (χ4n) is 7.74. The molecule has 4 unspecified atom stereocenters. The Morgan fingerprint density at radius 3 is 1.55 bits per heavy atom. The molecule has 0 amide bonds. The van der Waals surface area contributed by atoms with Crippen molar-refractivity contribution in [3.05, 3.63) is 169 Å². The van der Waals surface area contributed by atoms with Crippen molar-refractivity contribution in [2.75, 3.05) is 26.4 Å². The van der Waals surface area contributed by atoms with Gasteiger partial charge in [-0.3, -0.25) is 9.59 Å². The van der Waals surface area contributed by atoms with E-state index in [1.54, 1.807) is 53.0 Å². The highest BCUT2D eigenvalue weighted by molar-refractivity contribution is 9.10. The fourth-order valence-corrected chi connectivity index (χ4v) is 11.5. The van der Waals surface area contributed by atoms with Crippen LogP contribution in [0.2, 0.25) is 15.1 Å². The van der Waals surface area contributed by atoms with Crippen LogP contribution in [0.15, 0.2) is 112 Å². The SMILES string of the molecule is Brc1csc(C2OCCO2)c1.O=C(c1cccc(Cl)c1)C1CC1.O=Cc1cc(C(O)(c2cccc(Cl)c2)C2CC2)cs1.OC(c1cccc(Cl)c1)(c1csc(C2OCCO2)c1)C1CC1.[3H][P+](P)=S. The second-order valence-electron chi connectivity index (χ2n) is 16.3. The molecule has 3 aliphatic carbocycles. The van der Waals surface area contributed by atoms with Gasteiger partial charge in [0.2, 0.25) is 0 Å². The molecular weight excluding hydrogens is 1090 g/mol. The van der Waals surface area contributed by atoms with Crippen molar-refractivity contribution in [3.8, 4) is 0 Å². The number of rotatable bonds is 11. The van der Waals surface area contributed by atoms with Crippen molar-refractivity contribution >= 4 is 125 Å². The number of hydrogen-bond donors (Lipinski definition) is 2. The molecule has 2 N–H and O–H groups in total. The van der Waals surface area contributed by atoms with Gasteiger partial charge in [-0.15, -0.1) is 34.0 Å². The van der Waals surface area contributed by atoms with E-state index in [0.717, 1.165) is 86.9 Å². The normalized spacial score (nSPS) is 19.0. The Morgan fingerprint density at radius 2 is 1.13 bits per heavy atom. The molecule has 354 valence electrons. The predicted octanol–water partition coefficient (Wildman–Crippen LogP) is 14.4. The maximum atomic E-state index is 11.5. The number of carbonyl (C=O) groups is 2. The average molecular weight is 1140 g/mol. The van der Waals surface area contributed by atoms with Gasteiger partial charge in [-0.25, -0.2) is 0 Å². The largest absolute Gasteiger partial charge is 0.380 e. The lowest BCUT2D eigenvalue weighted by Gasteiger charge is -2.28. The summed E-state index contributed by atoms with van der Waals surface area (Å²) >= 11 is 30.2. The fraction of sp³-hybridized carbons (Fsp3) is 0.347. The number of halogens is 4. The van der Waals surface area contributed by atoms with Crippen molar-refractivity contribution < 1.29 is 38.7 Å². The first-order valence-electron chi connectivity index (χ1n) is 21.9. The third kappa shape index (κ3) is 14.2. The van der Waals surface area contributed by atoms with Crippen molar-refractivity contribution in [2.45, 2.75) is 62.3 Å². The topological polar surface area (TPSA) is 112 Å². The van der Waals surface area contributed by atoms with Crippen LogP contribution in [0.3, 0.4) is 0 Å². The van der Waals surface area contributed by atoms with Crippen LogP contribution in [0.5, 0.6) is 0 Å². The van der Waals surface area contributed by atoms with Gasteiger partial charge in [-0.1, -0.05) is 71.2 Å². The summed E-state index contributed by atoms with van der Waals surface area (Å²) in [6.45, 7) is 1.79. The van der Waals surface area contributed by atoms with Crippen LogP contribution in [-0.2, 0) is 42.0 Å². The van der Waals surface area contributed by atoms with Crippen LogP contribution >= 0.6 is 101 Å². The van der Waals surface area contributed by atoms with Crippen LogP contribution in [0.1, 0.15) is 103 Å². The second kappa shape index (κ2) is 25.0. The van der Waals surface area contributed by atoms with Crippen LogP contribution in [-0.4, -0.2) is 50.0 Å². The summed E-state index contributed by atoms with van der Waals surface area (Å²) in [4.78, 5) is 25.1. The Hall–Kier alpha value is -1.84. The summed E-state index contributed by atoms with van der Waals surface area (Å²) in [5.74, 6) is 0.986. The van der Waals surface area contributed by atoms with Gasteiger partial charge >= 0.3 is 1.28 Å². The Bertz CT molecular complexity index is 2640. The lowest BCUT2D eigenvalue weighted by molar-refractivity contribution is -0.0416. The van der Waals surface area contributed by atoms with Crippen LogP contribution in [0.25, 0.3) is 0 Å². The van der Waals surface area contributed by atoms with E-state index in [9.17, 15) is 19.8 Å².